The van der Waals surface area contributed by atoms with E-state index in [9.17, 15) is 14.8 Å². The Balaban J connectivity index is 1.87. The Morgan fingerprint density at radius 1 is 0.829 bits per heavy atom. The second kappa shape index (κ2) is 19.5. The molecule has 0 heterocycles. The summed E-state index contributed by atoms with van der Waals surface area (Å²) in [5.74, 6) is 0.111. The van der Waals surface area contributed by atoms with E-state index in [0.29, 0.717) is 26.2 Å². The van der Waals surface area contributed by atoms with Gasteiger partial charge in [0.15, 0.2) is 18.3 Å². The number of hydrogen-bond donors (Lipinski definition) is 4. The topological polar surface area (TPSA) is 162 Å². The van der Waals surface area contributed by atoms with Crippen molar-refractivity contribution in [1.29, 1.82) is 0 Å². The van der Waals surface area contributed by atoms with Gasteiger partial charge in [-0.05, 0) is 56.5 Å². The molecule has 0 bridgehead atoms. The van der Waals surface area contributed by atoms with E-state index in [1.165, 1.54) is 14.2 Å². The lowest BCUT2D eigenvalue weighted by Crippen LogP contribution is -2.33. The number of rotatable bonds is 21. The van der Waals surface area contributed by atoms with Crippen LogP contribution >= 0.6 is 0 Å². The van der Waals surface area contributed by atoms with Gasteiger partial charge in [0.2, 0.25) is 11.5 Å². The van der Waals surface area contributed by atoms with E-state index in [1.54, 1.807) is 41.3 Å². The molecule has 12 nitrogen and oxygen atoms in total. The molecule has 12 heteroatoms. The van der Waals surface area contributed by atoms with Gasteiger partial charge < -0.3 is 40.3 Å². The SMILES string of the molecule is COc1cccc(C(=O)N(CCCCCCN)CCCCCCNC(=O)c2cccc(OOCO)c2OC)c1OO. The fraction of sp³-hybridized carbons (Fsp3) is 0.517. The van der Waals surface area contributed by atoms with Gasteiger partial charge >= 0.3 is 0 Å². The Kier molecular flexibility index (Phi) is 16.0. The number of methoxy groups -OCH3 is 2. The first-order chi connectivity index (χ1) is 20.0. The van der Waals surface area contributed by atoms with Crippen molar-refractivity contribution in [1.82, 2.24) is 10.2 Å². The van der Waals surface area contributed by atoms with Crippen LogP contribution < -0.4 is 30.3 Å². The molecule has 2 rings (SSSR count). The summed E-state index contributed by atoms with van der Waals surface area (Å²) in [6.45, 7) is 1.60. The van der Waals surface area contributed by atoms with E-state index in [-0.39, 0.29) is 45.9 Å². The second-order valence-corrected chi connectivity index (χ2v) is 9.26. The molecule has 0 aromatic heterocycles. The molecule has 0 spiro atoms. The van der Waals surface area contributed by atoms with Gasteiger partial charge in [0, 0.05) is 19.6 Å². The van der Waals surface area contributed by atoms with Crippen molar-refractivity contribution in [3.05, 3.63) is 47.5 Å². The first-order valence-electron chi connectivity index (χ1n) is 13.9. The van der Waals surface area contributed by atoms with E-state index in [1.807, 2.05) is 0 Å². The van der Waals surface area contributed by atoms with Crippen molar-refractivity contribution >= 4 is 11.8 Å². The Morgan fingerprint density at radius 2 is 1.46 bits per heavy atom. The predicted octanol–water partition coefficient (Wildman–Crippen LogP) is 3.77. The summed E-state index contributed by atoms with van der Waals surface area (Å²) in [6.07, 6.45) is 7.02. The average Bonchev–Trinajstić information content (AvgIpc) is 3.00. The largest absolute Gasteiger partial charge is 0.493 e. The molecule has 0 atom stereocenters. The van der Waals surface area contributed by atoms with Crippen LogP contribution in [0.3, 0.4) is 0 Å². The zero-order valence-electron chi connectivity index (χ0n) is 23.9. The summed E-state index contributed by atoms with van der Waals surface area (Å²) < 4.78 is 10.5. The fourth-order valence-corrected chi connectivity index (χ4v) is 4.36. The van der Waals surface area contributed by atoms with Crippen molar-refractivity contribution in [3.8, 4) is 23.0 Å². The minimum Gasteiger partial charge on any atom is -0.493 e. The molecule has 0 unspecified atom stereocenters. The lowest BCUT2D eigenvalue weighted by atomic mass is 10.1. The van der Waals surface area contributed by atoms with E-state index in [4.69, 9.17) is 25.2 Å². The van der Waals surface area contributed by atoms with E-state index in [2.05, 4.69) is 15.1 Å². The summed E-state index contributed by atoms with van der Waals surface area (Å²) in [6, 6.07) is 9.70. The third-order valence-corrected chi connectivity index (χ3v) is 6.46. The van der Waals surface area contributed by atoms with Crippen LogP contribution in [0.4, 0.5) is 0 Å². The molecule has 2 aromatic carbocycles. The summed E-state index contributed by atoms with van der Waals surface area (Å²) >= 11 is 0. The molecule has 0 radical (unpaired) electrons. The standard InChI is InChI=1S/C29H43N3O9/c1-37-24-15-12-14-23(27(24)40-36)29(35)32(19-9-5-3-7-17-30)20-10-6-4-8-18-31-28(34)22-13-11-16-25(26(22)38-2)41-39-21-33/h11-16,33,36H,3-10,17-21,30H2,1-2H3,(H,31,34). The first kappa shape index (κ1) is 33.6. The normalized spacial score (nSPS) is 10.7. The maximum Gasteiger partial charge on any atom is 0.257 e. The highest BCUT2D eigenvalue weighted by atomic mass is 17.2. The maximum absolute atomic E-state index is 13.4. The number of nitrogens with zero attached hydrogens (tertiary/aromatic N) is 1. The molecule has 0 aliphatic rings. The van der Waals surface area contributed by atoms with Crippen LogP contribution in [0.2, 0.25) is 0 Å². The minimum atomic E-state index is -0.639. The summed E-state index contributed by atoms with van der Waals surface area (Å²) in [4.78, 5) is 41.9. The van der Waals surface area contributed by atoms with Crippen molar-refractivity contribution in [3.63, 3.8) is 0 Å². The molecular formula is C29H43N3O9. The van der Waals surface area contributed by atoms with Gasteiger partial charge in [-0.3, -0.25) is 9.59 Å². The number of hydrogen-bond acceptors (Lipinski definition) is 10. The molecule has 0 aliphatic carbocycles. The fourth-order valence-electron chi connectivity index (χ4n) is 4.36. The number of benzene rings is 2. The molecule has 5 N–H and O–H groups in total. The molecule has 0 saturated carbocycles. The van der Waals surface area contributed by atoms with Crippen molar-refractivity contribution in [2.24, 2.45) is 5.73 Å². The molecule has 41 heavy (non-hydrogen) atoms. The third-order valence-electron chi connectivity index (χ3n) is 6.46. The number of para-hydroxylation sites is 2. The number of amides is 2. The van der Waals surface area contributed by atoms with Crippen LogP contribution in [0.1, 0.15) is 72.1 Å². The van der Waals surface area contributed by atoms with Crippen LogP contribution in [0.5, 0.6) is 23.0 Å². The number of carbonyl (C=O) groups excluding carboxylic acids is 2. The van der Waals surface area contributed by atoms with Gasteiger partial charge in [-0.15, -0.1) is 0 Å². The molecule has 2 amide bonds. The van der Waals surface area contributed by atoms with E-state index in [0.717, 1.165) is 51.4 Å². The monoisotopic (exact) mass is 577 g/mol. The Morgan fingerprint density at radius 3 is 2.07 bits per heavy atom. The maximum atomic E-state index is 13.4. The van der Waals surface area contributed by atoms with E-state index < -0.39 is 6.79 Å². The van der Waals surface area contributed by atoms with Crippen molar-refractivity contribution in [2.75, 3.05) is 47.2 Å². The van der Waals surface area contributed by atoms with E-state index >= 15 is 0 Å². The molecule has 0 aliphatic heterocycles. The lowest BCUT2D eigenvalue weighted by molar-refractivity contribution is -0.254. The number of aliphatic hydroxyl groups excluding tert-OH is 1. The Labute approximate surface area is 241 Å². The zero-order valence-corrected chi connectivity index (χ0v) is 23.9. The first-order valence-corrected chi connectivity index (χ1v) is 13.9. The molecular weight excluding hydrogens is 534 g/mol. The van der Waals surface area contributed by atoms with Gasteiger partial charge in [-0.25, -0.2) is 5.26 Å². The summed E-state index contributed by atoms with van der Waals surface area (Å²) in [5, 5.41) is 21.1. The van der Waals surface area contributed by atoms with Crippen LogP contribution in [-0.4, -0.2) is 74.3 Å². The number of aliphatic hydroxyl groups is 1. The zero-order chi connectivity index (χ0) is 29.9. The van der Waals surface area contributed by atoms with Crippen molar-refractivity contribution in [2.45, 2.75) is 51.4 Å². The predicted molar refractivity (Wildman–Crippen MR) is 152 cm³/mol. The van der Waals surface area contributed by atoms with Gasteiger partial charge in [0.25, 0.3) is 11.8 Å². The Hall–Kier alpha value is -3.58. The molecule has 0 fully saturated rings. The summed E-state index contributed by atoms with van der Waals surface area (Å²) in [7, 11) is 2.86. The molecule has 228 valence electrons. The Bertz CT molecular complexity index is 1070. The second-order valence-electron chi connectivity index (χ2n) is 9.26. The number of carbonyl (C=O) groups is 2. The van der Waals surface area contributed by atoms with Gasteiger partial charge in [0.1, 0.15) is 0 Å². The van der Waals surface area contributed by atoms with Crippen LogP contribution in [0.25, 0.3) is 0 Å². The number of ether oxygens (including phenoxy) is 2. The van der Waals surface area contributed by atoms with Crippen molar-refractivity contribution < 1.29 is 44.1 Å². The highest BCUT2D eigenvalue weighted by Gasteiger charge is 2.23. The average molecular weight is 578 g/mol. The highest BCUT2D eigenvalue weighted by Crippen LogP contribution is 2.32. The van der Waals surface area contributed by atoms with Gasteiger partial charge in [0.05, 0.1) is 25.3 Å². The van der Waals surface area contributed by atoms with Gasteiger partial charge in [-0.2, -0.15) is 4.89 Å². The highest BCUT2D eigenvalue weighted by molar-refractivity contribution is 5.98. The van der Waals surface area contributed by atoms with Crippen LogP contribution in [0.15, 0.2) is 36.4 Å². The minimum absolute atomic E-state index is 0.00136. The molecule has 2 aromatic rings. The third kappa shape index (κ3) is 10.7. The lowest BCUT2D eigenvalue weighted by Gasteiger charge is -2.24. The quantitative estimate of drug-likeness (QED) is 0.0744. The number of nitrogens with one attached hydrogen (secondary N) is 1. The smallest absolute Gasteiger partial charge is 0.257 e. The van der Waals surface area contributed by atoms with Crippen LogP contribution in [-0.2, 0) is 4.89 Å². The number of unbranched alkanes of at least 4 members (excludes halogenated alkanes) is 6. The summed E-state index contributed by atoms with van der Waals surface area (Å²) in [5.41, 5.74) is 6.12. The number of nitrogens with two attached hydrogens (primary N) is 1. The molecule has 0 saturated heterocycles. The van der Waals surface area contributed by atoms with Crippen LogP contribution in [0, 0.1) is 0 Å². The van der Waals surface area contributed by atoms with Gasteiger partial charge in [-0.1, -0.05) is 37.8 Å².